The molecule has 1 aliphatic heterocycles. The zero-order chi connectivity index (χ0) is 16.8. The van der Waals surface area contributed by atoms with E-state index in [9.17, 15) is 9.00 Å². The van der Waals surface area contributed by atoms with Gasteiger partial charge in [-0.15, -0.1) is 0 Å². The standard InChI is InChI=1S/C18H28N2O2S/c1-15(2)19(3)18(21)16-9-11-20(12-10-16)13-14-23(22)17-7-5-4-6-8-17/h4-8,15-16H,9-14H2,1-3H3/t23-/m1/s1. The lowest BCUT2D eigenvalue weighted by molar-refractivity contribution is -0.137. The van der Waals surface area contributed by atoms with Gasteiger partial charge in [-0.1, -0.05) is 18.2 Å². The van der Waals surface area contributed by atoms with Crippen molar-refractivity contribution in [3.05, 3.63) is 30.3 Å². The van der Waals surface area contributed by atoms with Gasteiger partial charge in [0.05, 0.1) is 10.8 Å². The Balaban J connectivity index is 1.75. The van der Waals surface area contributed by atoms with Crippen molar-refractivity contribution in [3.63, 3.8) is 0 Å². The fourth-order valence-corrected chi connectivity index (χ4v) is 3.97. The molecule has 0 aromatic heterocycles. The van der Waals surface area contributed by atoms with Crippen LogP contribution in [0.3, 0.4) is 0 Å². The summed E-state index contributed by atoms with van der Waals surface area (Å²) >= 11 is 0. The summed E-state index contributed by atoms with van der Waals surface area (Å²) in [7, 11) is 0.958. The fourth-order valence-electron chi connectivity index (χ4n) is 2.85. The highest BCUT2D eigenvalue weighted by Gasteiger charge is 2.27. The molecule has 0 spiro atoms. The molecular formula is C18H28N2O2S. The number of nitrogens with zero attached hydrogens (tertiary/aromatic N) is 2. The van der Waals surface area contributed by atoms with Crippen LogP contribution in [0.1, 0.15) is 26.7 Å². The molecule has 1 aromatic carbocycles. The first-order valence-corrected chi connectivity index (χ1v) is 9.73. The van der Waals surface area contributed by atoms with Gasteiger partial charge in [-0.2, -0.15) is 0 Å². The molecule has 0 radical (unpaired) electrons. The molecule has 1 heterocycles. The van der Waals surface area contributed by atoms with Crippen LogP contribution in [0.25, 0.3) is 0 Å². The quantitative estimate of drug-likeness (QED) is 0.801. The summed E-state index contributed by atoms with van der Waals surface area (Å²) in [6.45, 7) is 6.78. The number of amides is 1. The van der Waals surface area contributed by atoms with Crippen LogP contribution in [0, 0.1) is 5.92 Å². The third kappa shape index (κ3) is 5.15. The molecule has 0 unspecified atom stereocenters. The van der Waals surface area contributed by atoms with E-state index in [1.165, 1.54) is 0 Å². The maximum absolute atomic E-state index is 12.4. The van der Waals surface area contributed by atoms with Crippen molar-refractivity contribution in [1.82, 2.24) is 9.80 Å². The second-order valence-electron chi connectivity index (χ2n) is 6.52. The number of benzene rings is 1. The second kappa shape index (κ2) is 8.60. The van der Waals surface area contributed by atoms with Crippen molar-refractivity contribution in [2.75, 3.05) is 32.4 Å². The Hall–Kier alpha value is -1.20. The smallest absolute Gasteiger partial charge is 0.225 e. The molecule has 0 aliphatic carbocycles. The Bertz CT molecular complexity index is 525. The zero-order valence-electron chi connectivity index (χ0n) is 14.4. The molecule has 23 heavy (non-hydrogen) atoms. The largest absolute Gasteiger partial charge is 0.343 e. The third-order valence-corrected chi connectivity index (χ3v) is 6.01. The Morgan fingerprint density at radius 1 is 1.26 bits per heavy atom. The molecule has 1 aromatic rings. The summed E-state index contributed by atoms with van der Waals surface area (Å²) in [6.07, 6.45) is 1.82. The van der Waals surface area contributed by atoms with E-state index in [0.717, 1.165) is 37.4 Å². The Kier molecular flexibility index (Phi) is 6.78. The predicted molar refractivity (Wildman–Crippen MR) is 94.8 cm³/mol. The molecule has 0 bridgehead atoms. The number of piperidine rings is 1. The molecule has 128 valence electrons. The highest BCUT2D eigenvalue weighted by atomic mass is 32.2. The van der Waals surface area contributed by atoms with E-state index in [2.05, 4.69) is 4.90 Å². The van der Waals surface area contributed by atoms with Crippen molar-refractivity contribution in [3.8, 4) is 0 Å². The van der Waals surface area contributed by atoms with Crippen LogP contribution in [0.15, 0.2) is 35.2 Å². The summed E-state index contributed by atoms with van der Waals surface area (Å²) in [6, 6.07) is 9.89. The number of hydrogen-bond donors (Lipinski definition) is 0. The Labute approximate surface area is 142 Å². The van der Waals surface area contributed by atoms with Gasteiger partial charge in [-0.05, 0) is 51.9 Å². The predicted octanol–water partition coefficient (Wildman–Crippen LogP) is 2.37. The molecule has 4 nitrogen and oxygen atoms in total. The maximum atomic E-state index is 12.4. The maximum Gasteiger partial charge on any atom is 0.225 e. The first-order valence-electron chi connectivity index (χ1n) is 8.41. The van der Waals surface area contributed by atoms with E-state index >= 15 is 0 Å². The topological polar surface area (TPSA) is 40.6 Å². The van der Waals surface area contributed by atoms with Crippen LogP contribution in [-0.4, -0.2) is 58.4 Å². The molecule has 5 heteroatoms. The number of carbonyl (C=O) groups is 1. The molecule has 1 atom stereocenters. The number of likely N-dealkylation sites (tertiary alicyclic amines) is 1. The van der Waals surface area contributed by atoms with E-state index in [-0.39, 0.29) is 17.9 Å². The first kappa shape index (κ1) is 18.1. The van der Waals surface area contributed by atoms with Gasteiger partial charge in [0.25, 0.3) is 0 Å². The third-order valence-electron chi connectivity index (χ3n) is 4.66. The van der Waals surface area contributed by atoms with Crippen molar-refractivity contribution >= 4 is 16.7 Å². The van der Waals surface area contributed by atoms with Gasteiger partial charge in [0.2, 0.25) is 5.91 Å². The lowest BCUT2D eigenvalue weighted by atomic mass is 9.95. The SMILES string of the molecule is CC(C)N(C)C(=O)C1CCN(CC[S@@](=O)c2ccccc2)CC1. The number of carbonyl (C=O) groups excluding carboxylic acids is 1. The monoisotopic (exact) mass is 336 g/mol. The summed E-state index contributed by atoms with van der Waals surface area (Å²) in [4.78, 5) is 17.4. The van der Waals surface area contributed by atoms with E-state index in [1.54, 1.807) is 0 Å². The van der Waals surface area contributed by atoms with Crippen LogP contribution in [0.5, 0.6) is 0 Å². The molecule has 0 N–H and O–H groups in total. The van der Waals surface area contributed by atoms with Gasteiger partial charge >= 0.3 is 0 Å². The lowest BCUT2D eigenvalue weighted by Gasteiger charge is -2.34. The van der Waals surface area contributed by atoms with Crippen LogP contribution in [0.2, 0.25) is 0 Å². The van der Waals surface area contributed by atoms with Gasteiger partial charge in [0.1, 0.15) is 0 Å². The van der Waals surface area contributed by atoms with Crippen LogP contribution in [0.4, 0.5) is 0 Å². The minimum atomic E-state index is -0.933. The van der Waals surface area contributed by atoms with Gasteiger partial charge in [-0.3, -0.25) is 9.00 Å². The zero-order valence-corrected chi connectivity index (χ0v) is 15.2. The number of rotatable bonds is 6. The molecular weight excluding hydrogens is 308 g/mol. The molecule has 1 aliphatic rings. The minimum Gasteiger partial charge on any atom is -0.343 e. The van der Waals surface area contributed by atoms with Crippen LogP contribution in [-0.2, 0) is 15.6 Å². The lowest BCUT2D eigenvalue weighted by Crippen LogP contribution is -2.44. The average Bonchev–Trinajstić information content (AvgIpc) is 2.59. The fraction of sp³-hybridized carbons (Fsp3) is 0.611. The normalized spacial score (nSPS) is 18.1. The summed E-state index contributed by atoms with van der Waals surface area (Å²) in [5, 5.41) is 0. The van der Waals surface area contributed by atoms with E-state index in [4.69, 9.17) is 0 Å². The summed E-state index contributed by atoms with van der Waals surface area (Å²) in [5.41, 5.74) is 0. The van der Waals surface area contributed by atoms with Crippen molar-refractivity contribution < 1.29 is 9.00 Å². The van der Waals surface area contributed by atoms with Crippen LogP contribution >= 0.6 is 0 Å². The minimum absolute atomic E-state index is 0.151. The van der Waals surface area contributed by atoms with Gasteiger partial charge in [-0.25, -0.2) is 0 Å². The van der Waals surface area contributed by atoms with Gasteiger partial charge in [0, 0.05) is 36.2 Å². The highest BCUT2D eigenvalue weighted by molar-refractivity contribution is 7.85. The van der Waals surface area contributed by atoms with Crippen LogP contribution < -0.4 is 0 Å². The van der Waals surface area contributed by atoms with Crippen molar-refractivity contribution in [2.45, 2.75) is 37.6 Å². The summed E-state index contributed by atoms with van der Waals surface area (Å²) in [5.74, 6) is 1.08. The number of hydrogen-bond acceptors (Lipinski definition) is 3. The van der Waals surface area contributed by atoms with Gasteiger partial charge in [0.15, 0.2) is 0 Å². The first-order chi connectivity index (χ1) is 11.0. The van der Waals surface area contributed by atoms with E-state index in [1.807, 2.05) is 56.1 Å². The van der Waals surface area contributed by atoms with E-state index < -0.39 is 10.8 Å². The van der Waals surface area contributed by atoms with Crippen molar-refractivity contribution in [2.24, 2.45) is 5.92 Å². The van der Waals surface area contributed by atoms with E-state index in [0.29, 0.717) is 5.75 Å². The molecule has 0 saturated carbocycles. The molecule has 2 rings (SSSR count). The second-order valence-corrected chi connectivity index (χ2v) is 8.09. The van der Waals surface area contributed by atoms with Gasteiger partial charge < -0.3 is 9.80 Å². The Morgan fingerprint density at radius 3 is 2.43 bits per heavy atom. The molecule has 1 amide bonds. The molecule has 1 saturated heterocycles. The van der Waals surface area contributed by atoms with Crippen molar-refractivity contribution in [1.29, 1.82) is 0 Å². The Morgan fingerprint density at radius 2 is 1.87 bits per heavy atom. The summed E-state index contributed by atoms with van der Waals surface area (Å²) < 4.78 is 12.2. The highest BCUT2D eigenvalue weighted by Crippen LogP contribution is 2.20. The molecule has 1 fully saturated rings. The average molecular weight is 337 g/mol.